The molecular formula is C17H24N2O. The van der Waals surface area contributed by atoms with Crippen LogP contribution in [0.25, 0.3) is 11.0 Å². The second-order valence-corrected chi connectivity index (χ2v) is 5.69. The molecule has 0 spiro atoms. The van der Waals surface area contributed by atoms with Gasteiger partial charge in [-0.15, -0.1) is 0 Å². The molecule has 2 heterocycles. The molecule has 3 rings (SSSR count). The Kier molecular flexibility index (Phi) is 4.08. The Hall–Kier alpha value is -1.32. The summed E-state index contributed by atoms with van der Waals surface area (Å²) in [5, 5.41) is 3.61. The summed E-state index contributed by atoms with van der Waals surface area (Å²) in [6.07, 6.45) is 4.96. The van der Waals surface area contributed by atoms with Crippen LogP contribution in [-0.2, 0) is 6.42 Å². The first kappa shape index (κ1) is 13.7. The molecule has 0 aliphatic carbocycles. The molecule has 108 valence electrons. The van der Waals surface area contributed by atoms with Crippen molar-refractivity contribution in [3.05, 3.63) is 35.6 Å². The number of hydrazine groups is 1. The molecule has 1 N–H and O–H groups in total. The van der Waals surface area contributed by atoms with Gasteiger partial charge < -0.3 is 4.42 Å². The van der Waals surface area contributed by atoms with E-state index in [1.54, 1.807) is 0 Å². The number of hydrogen-bond acceptors (Lipinski definition) is 3. The lowest BCUT2D eigenvalue weighted by Gasteiger charge is -2.29. The van der Waals surface area contributed by atoms with Crippen molar-refractivity contribution in [2.75, 3.05) is 13.1 Å². The third-order valence-corrected chi connectivity index (χ3v) is 4.21. The summed E-state index contributed by atoms with van der Waals surface area (Å²) in [6, 6.07) is 8.58. The van der Waals surface area contributed by atoms with Crippen molar-refractivity contribution in [3.8, 4) is 0 Å². The average Bonchev–Trinajstić information content (AvgIpc) is 2.87. The number of piperidine rings is 1. The van der Waals surface area contributed by atoms with Crippen molar-refractivity contribution < 1.29 is 4.42 Å². The molecule has 1 aromatic heterocycles. The molecule has 1 unspecified atom stereocenters. The maximum Gasteiger partial charge on any atom is 0.134 e. The Morgan fingerprint density at radius 2 is 1.95 bits per heavy atom. The van der Waals surface area contributed by atoms with Gasteiger partial charge in [-0.1, -0.05) is 31.5 Å². The van der Waals surface area contributed by atoms with Gasteiger partial charge in [0, 0.05) is 24.0 Å². The Bertz CT molecular complexity index is 569. The number of nitrogens with one attached hydrogen (secondary N) is 1. The molecule has 1 aliphatic heterocycles. The monoisotopic (exact) mass is 272 g/mol. The number of nitrogens with zero attached hydrogens (tertiary/aromatic N) is 1. The molecular weight excluding hydrogens is 248 g/mol. The van der Waals surface area contributed by atoms with Crippen LogP contribution in [0, 0.1) is 0 Å². The Morgan fingerprint density at radius 1 is 1.20 bits per heavy atom. The zero-order valence-corrected chi connectivity index (χ0v) is 12.5. The normalized spacial score (nSPS) is 18.5. The number of furan rings is 1. The standard InChI is InChI=1S/C17H24N2O/c1-3-14-15-9-5-6-10-16(15)20-17(14)13(2)18-19-11-7-4-8-12-19/h5-6,9-10,13,18H,3-4,7-8,11-12H2,1-2H3. The maximum atomic E-state index is 6.10. The van der Waals surface area contributed by atoms with E-state index in [-0.39, 0.29) is 6.04 Å². The van der Waals surface area contributed by atoms with E-state index in [9.17, 15) is 0 Å². The summed E-state index contributed by atoms with van der Waals surface area (Å²) in [4.78, 5) is 0. The van der Waals surface area contributed by atoms with Gasteiger partial charge in [0.25, 0.3) is 0 Å². The molecule has 3 heteroatoms. The first-order chi connectivity index (χ1) is 9.79. The van der Waals surface area contributed by atoms with Gasteiger partial charge in [-0.05, 0) is 32.3 Å². The lowest BCUT2D eigenvalue weighted by molar-refractivity contribution is 0.126. The van der Waals surface area contributed by atoms with E-state index < -0.39 is 0 Å². The Balaban J connectivity index is 1.84. The van der Waals surface area contributed by atoms with Crippen LogP contribution in [0.3, 0.4) is 0 Å². The van der Waals surface area contributed by atoms with E-state index in [0.29, 0.717) is 0 Å². The summed E-state index contributed by atoms with van der Waals surface area (Å²) in [5.74, 6) is 1.10. The topological polar surface area (TPSA) is 28.4 Å². The lowest BCUT2D eigenvalue weighted by atomic mass is 10.1. The highest BCUT2D eigenvalue weighted by molar-refractivity contribution is 5.82. The highest BCUT2D eigenvalue weighted by atomic mass is 16.3. The number of benzene rings is 1. The predicted molar refractivity (Wildman–Crippen MR) is 82.6 cm³/mol. The van der Waals surface area contributed by atoms with Gasteiger partial charge in [-0.3, -0.25) is 0 Å². The number of fused-ring (bicyclic) bond motifs is 1. The van der Waals surface area contributed by atoms with Crippen molar-refractivity contribution in [1.29, 1.82) is 0 Å². The van der Waals surface area contributed by atoms with E-state index in [0.717, 1.165) is 30.9 Å². The third kappa shape index (κ3) is 2.60. The van der Waals surface area contributed by atoms with Gasteiger partial charge in [-0.25, -0.2) is 10.4 Å². The van der Waals surface area contributed by atoms with Gasteiger partial charge >= 0.3 is 0 Å². The zero-order valence-electron chi connectivity index (χ0n) is 12.5. The van der Waals surface area contributed by atoms with Crippen LogP contribution < -0.4 is 5.43 Å². The summed E-state index contributed by atoms with van der Waals surface area (Å²) in [7, 11) is 0. The van der Waals surface area contributed by atoms with Crippen LogP contribution in [0.1, 0.15) is 50.5 Å². The predicted octanol–water partition coefficient (Wildman–Crippen LogP) is 4.05. The molecule has 0 bridgehead atoms. The Labute approximate surface area is 120 Å². The highest BCUT2D eigenvalue weighted by Crippen LogP contribution is 2.30. The van der Waals surface area contributed by atoms with Gasteiger partial charge in [0.05, 0.1) is 6.04 Å². The second kappa shape index (κ2) is 5.98. The second-order valence-electron chi connectivity index (χ2n) is 5.69. The summed E-state index contributed by atoms with van der Waals surface area (Å²) >= 11 is 0. The quantitative estimate of drug-likeness (QED) is 0.910. The fraction of sp³-hybridized carbons (Fsp3) is 0.529. The van der Waals surface area contributed by atoms with Crippen molar-refractivity contribution >= 4 is 11.0 Å². The number of rotatable bonds is 4. The van der Waals surface area contributed by atoms with E-state index >= 15 is 0 Å². The molecule has 3 nitrogen and oxygen atoms in total. The highest BCUT2D eigenvalue weighted by Gasteiger charge is 2.20. The van der Waals surface area contributed by atoms with Crippen molar-refractivity contribution in [2.45, 2.75) is 45.6 Å². The molecule has 20 heavy (non-hydrogen) atoms. The zero-order chi connectivity index (χ0) is 13.9. The van der Waals surface area contributed by atoms with E-state index in [2.05, 4.69) is 42.5 Å². The molecule has 1 saturated heterocycles. The number of para-hydroxylation sites is 1. The Morgan fingerprint density at radius 3 is 2.70 bits per heavy atom. The fourth-order valence-electron chi connectivity index (χ4n) is 3.19. The largest absolute Gasteiger partial charge is 0.459 e. The number of aryl methyl sites for hydroxylation is 1. The molecule has 1 fully saturated rings. The molecule has 1 aromatic carbocycles. The van der Waals surface area contributed by atoms with Gasteiger partial charge in [0.1, 0.15) is 11.3 Å². The first-order valence-corrected chi connectivity index (χ1v) is 7.81. The minimum absolute atomic E-state index is 0.232. The van der Waals surface area contributed by atoms with E-state index in [4.69, 9.17) is 4.42 Å². The van der Waals surface area contributed by atoms with Crippen LogP contribution in [0.15, 0.2) is 28.7 Å². The fourth-order valence-corrected chi connectivity index (χ4v) is 3.19. The molecule has 1 aliphatic rings. The van der Waals surface area contributed by atoms with Crippen LogP contribution in [0.2, 0.25) is 0 Å². The molecule has 0 saturated carbocycles. The summed E-state index contributed by atoms with van der Waals surface area (Å²) in [6.45, 7) is 6.69. The van der Waals surface area contributed by atoms with Crippen molar-refractivity contribution in [1.82, 2.24) is 10.4 Å². The molecule has 0 radical (unpaired) electrons. The molecule has 2 aromatic rings. The lowest BCUT2D eigenvalue weighted by Crippen LogP contribution is -2.42. The summed E-state index contributed by atoms with van der Waals surface area (Å²) in [5.41, 5.74) is 5.96. The van der Waals surface area contributed by atoms with Gasteiger partial charge in [0.2, 0.25) is 0 Å². The maximum absolute atomic E-state index is 6.10. The molecule has 0 amide bonds. The van der Waals surface area contributed by atoms with Crippen LogP contribution in [-0.4, -0.2) is 18.1 Å². The first-order valence-electron chi connectivity index (χ1n) is 7.81. The van der Waals surface area contributed by atoms with Crippen molar-refractivity contribution in [3.63, 3.8) is 0 Å². The van der Waals surface area contributed by atoms with Crippen LogP contribution in [0.4, 0.5) is 0 Å². The van der Waals surface area contributed by atoms with Crippen LogP contribution in [0.5, 0.6) is 0 Å². The SMILES string of the molecule is CCc1c(C(C)NN2CCCCC2)oc2ccccc12. The third-order valence-electron chi connectivity index (χ3n) is 4.21. The van der Waals surface area contributed by atoms with Crippen LogP contribution >= 0.6 is 0 Å². The van der Waals surface area contributed by atoms with E-state index in [1.807, 2.05) is 6.07 Å². The smallest absolute Gasteiger partial charge is 0.134 e. The molecule has 1 atom stereocenters. The van der Waals surface area contributed by atoms with Crippen molar-refractivity contribution in [2.24, 2.45) is 0 Å². The minimum atomic E-state index is 0.232. The van der Waals surface area contributed by atoms with Gasteiger partial charge in [-0.2, -0.15) is 0 Å². The average molecular weight is 272 g/mol. The van der Waals surface area contributed by atoms with E-state index in [1.165, 1.54) is 30.2 Å². The number of hydrogen-bond donors (Lipinski definition) is 1. The van der Waals surface area contributed by atoms with Gasteiger partial charge in [0.15, 0.2) is 0 Å². The summed E-state index contributed by atoms with van der Waals surface area (Å²) < 4.78 is 6.10. The minimum Gasteiger partial charge on any atom is -0.459 e.